The maximum atomic E-state index is 5.87. The molecule has 3 aromatic rings. The first-order valence-corrected chi connectivity index (χ1v) is 7.19. The molecule has 0 saturated carbocycles. The Labute approximate surface area is 119 Å². The number of furan rings is 1. The topological polar surface area (TPSA) is 25.2 Å². The highest BCUT2D eigenvalue weighted by molar-refractivity contribution is 5.82. The van der Waals surface area contributed by atoms with Crippen LogP contribution in [0.3, 0.4) is 0 Å². The van der Waals surface area contributed by atoms with Crippen LogP contribution in [0.1, 0.15) is 19.8 Å². The van der Waals surface area contributed by atoms with E-state index in [9.17, 15) is 0 Å². The Kier molecular flexibility index (Phi) is 3.73. The molecule has 0 spiro atoms. The predicted octanol–water partition coefficient (Wildman–Crippen LogP) is 5.31. The van der Waals surface area contributed by atoms with Gasteiger partial charge in [0, 0.05) is 23.2 Å². The first-order valence-electron chi connectivity index (χ1n) is 7.19. The zero-order chi connectivity index (χ0) is 13.8. The van der Waals surface area contributed by atoms with E-state index < -0.39 is 0 Å². The summed E-state index contributed by atoms with van der Waals surface area (Å²) in [5.41, 5.74) is 3.22. The molecule has 20 heavy (non-hydrogen) atoms. The van der Waals surface area contributed by atoms with Crippen molar-refractivity contribution < 1.29 is 4.42 Å². The first-order chi connectivity index (χ1) is 9.86. The van der Waals surface area contributed by atoms with E-state index in [-0.39, 0.29) is 0 Å². The number of hydrogen-bond donors (Lipinski definition) is 1. The second-order valence-corrected chi connectivity index (χ2v) is 5.01. The highest BCUT2D eigenvalue weighted by atomic mass is 16.3. The van der Waals surface area contributed by atoms with Gasteiger partial charge in [0.2, 0.25) is 0 Å². The van der Waals surface area contributed by atoms with Crippen molar-refractivity contribution in [2.24, 2.45) is 0 Å². The molecule has 1 heterocycles. The van der Waals surface area contributed by atoms with Crippen LogP contribution in [-0.2, 0) is 0 Å². The zero-order valence-electron chi connectivity index (χ0n) is 11.7. The minimum Gasteiger partial charge on any atom is -0.456 e. The van der Waals surface area contributed by atoms with E-state index in [0.717, 1.165) is 28.8 Å². The Bertz CT molecular complexity index is 649. The highest BCUT2D eigenvalue weighted by Gasteiger charge is 2.05. The van der Waals surface area contributed by atoms with E-state index in [1.807, 2.05) is 18.2 Å². The van der Waals surface area contributed by atoms with Gasteiger partial charge in [-0.1, -0.05) is 31.5 Å². The van der Waals surface area contributed by atoms with E-state index in [0.29, 0.717) is 0 Å². The fraction of sp³-hybridized carbons (Fsp3) is 0.222. The quantitative estimate of drug-likeness (QED) is 0.632. The summed E-state index contributed by atoms with van der Waals surface area (Å²) < 4.78 is 5.87. The van der Waals surface area contributed by atoms with Gasteiger partial charge < -0.3 is 9.73 Å². The lowest BCUT2D eigenvalue weighted by Crippen LogP contribution is -2.00. The first kappa shape index (κ1) is 12.8. The standard InChI is InChI=1S/C18H19NO/c1-2-3-12-19-16-10-8-14(9-11-16)18-13-15-6-4-5-7-17(15)20-18/h4-11,13,19H,2-3,12H2,1H3. The summed E-state index contributed by atoms with van der Waals surface area (Å²) in [6.07, 6.45) is 2.41. The van der Waals surface area contributed by atoms with Crippen LogP contribution < -0.4 is 5.32 Å². The number of para-hydroxylation sites is 1. The van der Waals surface area contributed by atoms with Gasteiger partial charge in [-0.3, -0.25) is 0 Å². The highest BCUT2D eigenvalue weighted by Crippen LogP contribution is 2.28. The number of hydrogen-bond acceptors (Lipinski definition) is 2. The van der Waals surface area contributed by atoms with Gasteiger partial charge in [-0.2, -0.15) is 0 Å². The molecule has 2 aromatic carbocycles. The van der Waals surface area contributed by atoms with Crippen LogP contribution in [-0.4, -0.2) is 6.54 Å². The molecule has 0 atom stereocenters. The molecule has 0 unspecified atom stereocenters. The van der Waals surface area contributed by atoms with E-state index in [2.05, 4.69) is 48.6 Å². The minimum atomic E-state index is 0.923. The summed E-state index contributed by atoms with van der Waals surface area (Å²) in [6.45, 7) is 3.23. The number of anilines is 1. The van der Waals surface area contributed by atoms with Gasteiger partial charge >= 0.3 is 0 Å². The molecule has 0 fully saturated rings. The largest absolute Gasteiger partial charge is 0.456 e. The summed E-state index contributed by atoms with van der Waals surface area (Å²) in [6, 6.07) is 18.6. The van der Waals surface area contributed by atoms with Gasteiger partial charge in [0.15, 0.2) is 0 Å². The maximum absolute atomic E-state index is 5.87. The minimum absolute atomic E-state index is 0.923. The molecule has 3 rings (SSSR count). The van der Waals surface area contributed by atoms with E-state index in [4.69, 9.17) is 4.42 Å². The molecule has 1 N–H and O–H groups in total. The number of rotatable bonds is 5. The van der Waals surface area contributed by atoms with Crippen molar-refractivity contribution in [3.8, 4) is 11.3 Å². The molecule has 2 nitrogen and oxygen atoms in total. The second-order valence-electron chi connectivity index (χ2n) is 5.01. The van der Waals surface area contributed by atoms with Gasteiger partial charge in [-0.15, -0.1) is 0 Å². The summed E-state index contributed by atoms with van der Waals surface area (Å²) in [5.74, 6) is 0.923. The van der Waals surface area contributed by atoms with E-state index in [1.165, 1.54) is 18.5 Å². The smallest absolute Gasteiger partial charge is 0.135 e. The predicted molar refractivity (Wildman–Crippen MR) is 85.0 cm³/mol. The monoisotopic (exact) mass is 265 g/mol. The third-order valence-corrected chi connectivity index (χ3v) is 3.45. The van der Waals surface area contributed by atoms with Crippen LogP contribution in [0.25, 0.3) is 22.3 Å². The molecule has 0 amide bonds. The molecule has 1 aromatic heterocycles. The number of nitrogens with one attached hydrogen (secondary N) is 1. The molecule has 2 heteroatoms. The van der Waals surface area contributed by atoms with E-state index >= 15 is 0 Å². The Morgan fingerprint density at radius 1 is 1.00 bits per heavy atom. The van der Waals surface area contributed by atoms with Crippen LogP contribution in [0.4, 0.5) is 5.69 Å². The summed E-state index contributed by atoms with van der Waals surface area (Å²) in [4.78, 5) is 0. The Morgan fingerprint density at radius 3 is 2.55 bits per heavy atom. The van der Waals surface area contributed by atoms with Crippen molar-refractivity contribution >= 4 is 16.7 Å². The third kappa shape index (κ3) is 2.69. The normalized spacial score (nSPS) is 10.8. The summed E-state index contributed by atoms with van der Waals surface area (Å²) in [5, 5.41) is 4.57. The van der Waals surface area contributed by atoms with Crippen molar-refractivity contribution in [3.63, 3.8) is 0 Å². The average molecular weight is 265 g/mol. The second kappa shape index (κ2) is 5.83. The summed E-state index contributed by atoms with van der Waals surface area (Å²) in [7, 11) is 0. The van der Waals surface area contributed by atoms with Crippen LogP contribution in [0, 0.1) is 0 Å². The molecule has 0 radical (unpaired) electrons. The zero-order valence-corrected chi connectivity index (χ0v) is 11.7. The van der Waals surface area contributed by atoms with Gasteiger partial charge in [0.05, 0.1) is 0 Å². The van der Waals surface area contributed by atoms with Crippen LogP contribution in [0.15, 0.2) is 59.0 Å². The van der Waals surface area contributed by atoms with Crippen LogP contribution >= 0.6 is 0 Å². The lowest BCUT2D eigenvalue weighted by Gasteiger charge is -2.05. The van der Waals surface area contributed by atoms with Gasteiger partial charge in [-0.05, 0) is 42.8 Å². The summed E-state index contributed by atoms with van der Waals surface area (Å²) >= 11 is 0. The Morgan fingerprint density at radius 2 is 1.80 bits per heavy atom. The molecule has 102 valence electrons. The van der Waals surface area contributed by atoms with Crippen molar-refractivity contribution in [1.82, 2.24) is 0 Å². The molecule has 0 aliphatic rings. The van der Waals surface area contributed by atoms with Crippen molar-refractivity contribution in [2.45, 2.75) is 19.8 Å². The Balaban J connectivity index is 1.79. The number of fused-ring (bicyclic) bond motifs is 1. The molecule has 0 saturated heterocycles. The van der Waals surface area contributed by atoms with Crippen molar-refractivity contribution in [3.05, 3.63) is 54.6 Å². The van der Waals surface area contributed by atoms with Gasteiger partial charge in [0.25, 0.3) is 0 Å². The molecule has 0 bridgehead atoms. The fourth-order valence-electron chi connectivity index (χ4n) is 2.29. The SMILES string of the molecule is CCCCNc1ccc(-c2cc3ccccc3o2)cc1. The van der Waals surface area contributed by atoms with Crippen molar-refractivity contribution in [1.29, 1.82) is 0 Å². The van der Waals surface area contributed by atoms with Crippen LogP contribution in [0.2, 0.25) is 0 Å². The number of unbranched alkanes of at least 4 members (excludes halogenated alkanes) is 1. The maximum Gasteiger partial charge on any atom is 0.135 e. The van der Waals surface area contributed by atoms with Gasteiger partial charge in [-0.25, -0.2) is 0 Å². The number of benzene rings is 2. The van der Waals surface area contributed by atoms with Gasteiger partial charge in [0.1, 0.15) is 11.3 Å². The van der Waals surface area contributed by atoms with Crippen LogP contribution in [0.5, 0.6) is 0 Å². The van der Waals surface area contributed by atoms with E-state index in [1.54, 1.807) is 0 Å². The van der Waals surface area contributed by atoms with Crippen molar-refractivity contribution in [2.75, 3.05) is 11.9 Å². The third-order valence-electron chi connectivity index (χ3n) is 3.45. The molecular weight excluding hydrogens is 246 g/mol. The molecular formula is C18H19NO. The average Bonchev–Trinajstić information content (AvgIpc) is 2.92. The molecule has 0 aliphatic carbocycles. The Hall–Kier alpha value is -2.22. The lowest BCUT2D eigenvalue weighted by atomic mass is 10.1. The lowest BCUT2D eigenvalue weighted by molar-refractivity contribution is 0.631. The fourth-order valence-corrected chi connectivity index (χ4v) is 2.29. The molecule has 0 aliphatic heterocycles.